The Labute approximate surface area is 185 Å². The van der Waals surface area contributed by atoms with E-state index in [0.717, 1.165) is 31.1 Å². The number of carboxylic acids is 1. The zero-order valence-electron chi connectivity index (χ0n) is 17.4. The number of carbonyl (C=O) groups excluding carboxylic acids is 1. The Morgan fingerprint density at radius 3 is 2.62 bits per heavy atom. The van der Waals surface area contributed by atoms with Gasteiger partial charge in [-0.3, -0.25) is 9.69 Å². The zero-order chi connectivity index (χ0) is 23.5. The zero-order valence-corrected chi connectivity index (χ0v) is 18.2. The maximum Gasteiger partial charge on any atom is 0.490 e. The van der Waals surface area contributed by atoms with Crippen LogP contribution in [0.2, 0.25) is 0 Å². The number of nitrogens with zero attached hydrogens (tertiary/aromatic N) is 3. The Morgan fingerprint density at radius 1 is 1.34 bits per heavy atom. The lowest BCUT2D eigenvalue weighted by Gasteiger charge is -2.19. The molecule has 1 amide bonds. The number of likely N-dealkylation sites (tertiary alicyclic amines) is 1. The fraction of sp³-hybridized carbons (Fsp3) is 0.579. The third-order valence-corrected chi connectivity index (χ3v) is 6.10. The van der Waals surface area contributed by atoms with Crippen LogP contribution in [0.25, 0.3) is 0 Å². The topological polar surface area (TPSA) is 118 Å². The summed E-state index contributed by atoms with van der Waals surface area (Å²) < 4.78 is 43.0. The average Bonchev–Trinajstić information content (AvgIpc) is 3.49. The maximum absolute atomic E-state index is 12.1. The van der Waals surface area contributed by atoms with Gasteiger partial charge in [0.15, 0.2) is 0 Å². The van der Waals surface area contributed by atoms with Gasteiger partial charge in [0.25, 0.3) is 5.91 Å². The number of carbonyl (C=O) groups is 2. The number of hydrogen-bond donors (Lipinski definition) is 2. The summed E-state index contributed by atoms with van der Waals surface area (Å²) >= 11 is 1.43. The molecule has 2 N–H and O–H groups in total. The van der Waals surface area contributed by atoms with Crippen molar-refractivity contribution >= 4 is 23.2 Å². The molecular formula is C19H23F3N4O5S. The lowest BCUT2D eigenvalue weighted by atomic mass is 9.93. The molecule has 2 aliphatic heterocycles. The quantitative estimate of drug-likeness (QED) is 0.675. The van der Waals surface area contributed by atoms with Crippen molar-refractivity contribution in [1.29, 1.82) is 0 Å². The normalized spacial score (nSPS) is 22.8. The first kappa shape index (κ1) is 24.1. The van der Waals surface area contributed by atoms with Gasteiger partial charge in [0.1, 0.15) is 11.5 Å². The van der Waals surface area contributed by atoms with Crippen LogP contribution in [0.15, 0.2) is 15.4 Å². The highest BCUT2D eigenvalue weighted by atomic mass is 32.1. The standard InChI is InChI=1S/C17H22N4O3S.C2HF3O2/c1-10-13(11(2)24-20-10)4-21-5-14-12(7-23-16(14)6-21)3-18-17(22)15-8-25-9-19-15;3-2(4,5)1(6)7/h8-9,12,14,16H,3-7H2,1-2H3,(H,18,22);(H,6,7)/t12-,14+,16+;/m0./s1. The van der Waals surface area contributed by atoms with Crippen LogP contribution in [0.4, 0.5) is 13.2 Å². The second kappa shape index (κ2) is 9.96. The van der Waals surface area contributed by atoms with Crippen LogP contribution in [0.3, 0.4) is 0 Å². The summed E-state index contributed by atoms with van der Waals surface area (Å²) in [6.07, 6.45) is -4.83. The van der Waals surface area contributed by atoms with E-state index in [9.17, 15) is 18.0 Å². The number of ether oxygens (including phenoxy) is 1. The SMILES string of the molecule is Cc1noc(C)c1CN1C[C@@H]2[C@@H](CNC(=O)c3cscn3)CO[C@@H]2C1.O=C(O)C(F)(F)F. The number of aliphatic carboxylic acids is 1. The van der Waals surface area contributed by atoms with Crippen molar-refractivity contribution in [3.05, 3.63) is 33.6 Å². The van der Waals surface area contributed by atoms with Crippen LogP contribution in [0, 0.1) is 25.7 Å². The number of hydrogen-bond acceptors (Lipinski definition) is 8. The number of alkyl halides is 3. The Bertz CT molecular complexity index is 915. The van der Waals surface area contributed by atoms with E-state index in [-0.39, 0.29) is 12.0 Å². The van der Waals surface area contributed by atoms with E-state index in [1.165, 1.54) is 16.9 Å². The molecule has 0 saturated carbocycles. The van der Waals surface area contributed by atoms with Gasteiger partial charge < -0.3 is 19.7 Å². The number of aromatic nitrogens is 2. The van der Waals surface area contributed by atoms with E-state index in [4.69, 9.17) is 19.2 Å². The van der Waals surface area contributed by atoms with E-state index in [1.54, 1.807) is 10.9 Å². The van der Waals surface area contributed by atoms with Gasteiger partial charge in [-0.05, 0) is 13.8 Å². The van der Waals surface area contributed by atoms with Crippen LogP contribution < -0.4 is 5.32 Å². The largest absolute Gasteiger partial charge is 0.490 e. The number of halogens is 3. The molecule has 0 bridgehead atoms. The molecule has 0 aromatic carbocycles. The number of nitrogens with one attached hydrogen (secondary N) is 1. The monoisotopic (exact) mass is 476 g/mol. The van der Waals surface area contributed by atoms with Crippen LogP contribution in [-0.2, 0) is 16.1 Å². The second-order valence-electron chi connectivity index (χ2n) is 7.68. The molecule has 2 fully saturated rings. The van der Waals surface area contributed by atoms with E-state index in [0.29, 0.717) is 30.7 Å². The van der Waals surface area contributed by atoms with Gasteiger partial charge in [-0.15, -0.1) is 11.3 Å². The number of thiazole rings is 1. The minimum absolute atomic E-state index is 0.102. The molecule has 32 heavy (non-hydrogen) atoms. The van der Waals surface area contributed by atoms with Crippen molar-refractivity contribution in [2.75, 3.05) is 26.2 Å². The highest BCUT2D eigenvalue weighted by Crippen LogP contribution is 2.34. The molecule has 2 aromatic heterocycles. The van der Waals surface area contributed by atoms with Crippen molar-refractivity contribution in [1.82, 2.24) is 20.4 Å². The number of amides is 1. The van der Waals surface area contributed by atoms with Gasteiger partial charge in [0.05, 0.1) is 23.9 Å². The first-order chi connectivity index (χ1) is 15.1. The fourth-order valence-corrected chi connectivity index (χ4v) is 4.34. The Morgan fingerprint density at radius 2 is 2.06 bits per heavy atom. The lowest BCUT2D eigenvalue weighted by Crippen LogP contribution is -2.34. The van der Waals surface area contributed by atoms with Gasteiger partial charge in [0, 0.05) is 49.0 Å². The Balaban J connectivity index is 0.000000360. The summed E-state index contributed by atoms with van der Waals surface area (Å²) in [6, 6.07) is 0. The third kappa shape index (κ3) is 5.84. The van der Waals surface area contributed by atoms with E-state index in [2.05, 4.69) is 20.4 Å². The molecule has 4 rings (SSSR count). The van der Waals surface area contributed by atoms with E-state index >= 15 is 0 Å². The van der Waals surface area contributed by atoms with Crippen LogP contribution in [0.1, 0.15) is 27.5 Å². The molecule has 2 aliphatic rings. The Hall–Kier alpha value is -2.51. The molecule has 2 saturated heterocycles. The smallest absolute Gasteiger partial charge is 0.475 e. The molecule has 9 nitrogen and oxygen atoms in total. The van der Waals surface area contributed by atoms with Gasteiger partial charge in [-0.2, -0.15) is 13.2 Å². The number of aryl methyl sites for hydroxylation is 2. The molecule has 0 aliphatic carbocycles. The molecule has 3 atom stereocenters. The van der Waals surface area contributed by atoms with Gasteiger partial charge in [-0.1, -0.05) is 5.16 Å². The van der Waals surface area contributed by atoms with E-state index in [1.807, 2.05) is 13.8 Å². The summed E-state index contributed by atoms with van der Waals surface area (Å²) in [7, 11) is 0. The van der Waals surface area contributed by atoms with Crippen molar-refractivity contribution in [3.8, 4) is 0 Å². The third-order valence-electron chi connectivity index (χ3n) is 5.51. The average molecular weight is 476 g/mol. The van der Waals surface area contributed by atoms with Crippen molar-refractivity contribution < 1.29 is 37.1 Å². The molecule has 0 spiro atoms. The van der Waals surface area contributed by atoms with E-state index < -0.39 is 12.1 Å². The predicted octanol–water partition coefficient (Wildman–Crippen LogP) is 2.26. The minimum atomic E-state index is -5.08. The number of fused-ring (bicyclic) bond motifs is 1. The molecule has 2 aromatic rings. The highest BCUT2D eigenvalue weighted by molar-refractivity contribution is 7.07. The van der Waals surface area contributed by atoms with Gasteiger partial charge in [-0.25, -0.2) is 9.78 Å². The molecule has 13 heteroatoms. The first-order valence-electron chi connectivity index (χ1n) is 9.78. The molecule has 0 radical (unpaired) electrons. The van der Waals surface area contributed by atoms with Crippen molar-refractivity contribution in [2.24, 2.45) is 11.8 Å². The first-order valence-corrected chi connectivity index (χ1v) is 10.7. The lowest BCUT2D eigenvalue weighted by molar-refractivity contribution is -0.192. The summed E-state index contributed by atoms with van der Waals surface area (Å²) in [4.78, 5) is 27.4. The predicted molar refractivity (Wildman–Crippen MR) is 106 cm³/mol. The second-order valence-corrected chi connectivity index (χ2v) is 8.40. The minimum Gasteiger partial charge on any atom is -0.475 e. The number of rotatable bonds is 5. The summed E-state index contributed by atoms with van der Waals surface area (Å²) in [5.74, 6) is -1.16. The molecule has 4 heterocycles. The number of carboxylic acid groups (broad SMARTS) is 1. The molecule has 0 unspecified atom stereocenters. The molecular weight excluding hydrogens is 453 g/mol. The molecule has 176 valence electrons. The van der Waals surface area contributed by atoms with Crippen LogP contribution in [-0.4, -0.2) is 70.5 Å². The van der Waals surface area contributed by atoms with Gasteiger partial charge >= 0.3 is 12.1 Å². The Kier molecular flexibility index (Phi) is 7.51. The van der Waals surface area contributed by atoms with Crippen molar-refractivity contribution in [3.63, 3.8) is 0 Å². The summed E-state index contributed by atoms with van der Waals surface area (Å²) in [5.41, 5.74) is 4.30. The summed E-state index contributed by atoms with van der Waals surface area (Å²) in [5, 5.41) is 15.9. The van der Waals surface area contributed by atoms with Crippen LogP contribution in [0.5, 0.6) is 0 Å². The fourth-order valence-electron chi connectivity index (χ4n) is 3.81. The maximum atomic E-state index is 12.1. The van der Waals surface area contributed by atoms with Crippen LogP contribution >= 0.6 is 11.3 Å². The van der Waals surface area contributed by atoms with Gasteiger partial charge in [0.2, 0.25) is 0 Å². The summed E-state index contributed by atoms with van der Waals surface area (Å²) in [6.45, 7) is 8.03. The highest BCUT2D eigenvalue weighted by Gasteiger charge is 2.44. The van der Waals surface area contributed by atoms with Crippen molar-refractivity contribution in [2.45, 2.75) is 32.7 Å².